The third-order valence-electron chi connectivity index (χ3n) is 9.56. The summed E-state index contributed by atoms with van der Waals surface area (Å²) in [5.41, 5.74) is 4.48. The van der Waals surface area contributed by atoms with E-state index < -0.39 is 0 Å². The molecule has 0 bridgehead atoms. The first-order chi connectivity index (χ1) is 19.5. The second-order valence-corrected chi connectivity index (χ2v) is 12.6. The monoisotopic (exact) mass is 545 g/mol. The van der Waals surface area contributed by atoms with E-state index in [1.165, 1.54) is 90.3 Å². The molecule has 8 heteroatoms. The standard InChI is InChI=1S/C32H47N7O/c1-24(2)39-23-27(3-4-31(39)40)28-7-12-34-32-29(28)21-30(35-32)26-8-13-36(14-9-26)15-16-37-17-19-38(20-18-37)22-25-5-10-33-11-6-25/h3-4,7,12,21,23-26,33H,5-6,8-11,13-20,22H2,1-2H3,(H,34,35). The Labute approximate surface area is 238 Å². The van der Waals surface area contributed by atoms with Crippen molar-refractivity contribution < 1.29 is 0 Å². The van der Waals surface area contributed by atoms with Gasteiger partial charge >= 0.3 is 0 Å². The third kappa shape index (κ3) is 6.35. The number of piperidine rings is 2. The zero-order valence-corrected chi connectivity index (χ0v) is 24.4. The summed E-state index contributed by atoms with van der Waals surface area (Å²) in [6.07, 6.45) is 8.93. The van der Waals surface area contributed by atoms with Crippen LogP contribution in [0, 0.1) is 5.92 Å². The fourth-order valence-electron chi connectivity index (χ4n) is 6.96. The smallest absolute Gasteiger partial charge is 0.250 e. The first-order valence-electron chi connectivity index (χ1n) is 15.6. The normalized spacial score (nSPS) is 21.1. The van der Waals surface area contributed by atoms with Crippen molar-refractivity contribution in [3.63, 3.8) is 0 Å². The van der Waals surface area contributed by atoms with Gasteiger partial charge in [-0.2, -0.15) is 0 Å². The number of aromatic nitrogens is 3. The van der Waals surface area contributed by atoms with E-state index in [2.05, 4.69) is 42.1 Å². The van der Waals surface area contributed by atoms with Crippen LogP contribution in [-0.4, -0.2) is 101 Å². The Balaban J connectivity index is 1.01. The Bertz CT molecular complexity index is 1310. The van der Waals surface area contributed by atoms with Gasteiger partial charge in [0.2, 0.25) is 0 Å². The lowest BCUT2D eigenvalue weighted by atomic mass is 9.93. The molecule has 216 valence electrons. The number of piperazine rings is 1. The Morgan fingerprint density at radius 1 is 0.900 bits per heavy atom. The van der Waals surface area contributed by atoms with Crippen molar-refractivity contribution in [2.24, 2.45) is 5.92 Å². The highest BCUT2D eigenvalue weighted by Gasteiger charge is 2.25. The zero-order chi connectivity index (χ0) is 27.5. The molecule has 6 heterocycles. The molecule has 3 aliphatic heterocycles. The van der Waals surface area contributed by atoms with Crippen molar-refractivity contribution in [3.05, 3.63) is 52.7 Å². The van der Waals surface area contributed by atoms with E-state index in [1.54, 1.807) is 10.6 Å². The largest absolute Gasteiger partial charge is 0.343 e. The maximum absolute atomic E-state index is 12.3. The number of nitrogens with zero attached hydrogens (tertiary/aromatic N) is 5. The van der Waals surface area contributed by atoms with E-state index in [4.69, 9.17) is 0 Å². The summed E-state index contributed by atoms with van der Waals surface area (Å²) in [6, 6.07) is 8.13. The quantitative estimate of drug-likeness (QED) is 0.449. The van der Waals surface area contributed by atoms with E-state index >= 15 is 0 Å². The van der Waals surface area contributed by atoms with Gasteiger partial charge in [0.05, 0.1) is 0 Å². The van der Waals surface area contributed by atoms with Crippen molar-refractivity contribution in [1.29, 1.82) is 0 Å². The molecule has 0 radical (unpaired) electrons. The maximum atomic E-state index is 12.3. The lowest BCUT2D eigenvalue weighted by Gasteiger charge is -2.38. The highest BCUT2D eigenvalue weighted by Crippen LogP contribution is 2.33. The van der Waals surface area contributed by atoms with E-state index in [1.807, 2.05) is 32.3 Å². The predicted octanol–water partition coefficient (Wildman–Crippen LogP) is 3.77. The lowest BCUT2D eigenvalue weighted by Crippen LogP contribution is -2.50. The number of nitrogens with one attached hydrogen (secondary N) is 2. The van der Waals surface area contributed by atoms with Crippen LogP contribution in [0.2, 0.25) is 0 Å². The summed E-state index contributed by atoms with van der Waals surface area (Å²) in [6.45, 7) is 17.4. The molecule has 3 fully saturated rings. The van der Waals surface area contributed by atoms with Gasteiger partial charge in [-0.15, -0.1) is 0 Å². The number of H-pyrrole nitrogens is 1. The topological polar surface area (TPSA) is 72.4 Å². The molecular weight excluding hydrogens is 498 g/mol. The third-order valence-corrected chi connectivity index (χ3v) is 9.56. The molecule has 8 nitrogen and oxygen atoms in total. The van der Waals surface area contributed by atoms with Gasteiger partial charge in [-0.25, -0.2) is 4.98 Å². The highest BCUT2D eigenvalue weighted by molar-refractivity contribution is 5.93. The van der Waals surface area contributed by atoms with Crippen LogP contribution in [0.25, 0.3) is 22.2 Å². The summed E-state index contributed by atoms with van der Waals surface area (Å²) in [4.78, 5) is 28.6. The van der Waals surface area contributed by atoms with Crippen molar-refractivity contribution in [2.75, 3.05) is 72.0 Å². The minimum Gasteiger partial charge on any atom is -0.343 e. The molecule has 3 aromatic rings. The van der Waals surface area contributed by atoms with Crippen LogP contribution in [0.3, 0.4) is 0 Å². The fourth-order valence-corrected chi connectivity index (χ4v) is 6.96. The molecule has 0 saturated carbocycles. The Morgan fingerprint density at radius 2 is 1.60 bits per heavy atom. The second-order valence-electron chi connectivity index (χ2n) is 12.6. The molecular formula is C32H47N7O. The van der Waals surface area contributed by atoms with E-state index in [0.29, 0.717) is 5.92 Å². The van der Waals surface area contributed by atoms with Crippen molar-refractivity contribution >= 4 is 11.0 Å². The van der Waals surface area contributed by atoms with Crippen molar-refractivity contribution in [2.45, 2.75) is 51.5 Å². The Kier molecular flexibility index (Phi) is 8.68. The van der Waals surface area contributed by atoms with Crippen LogP contribution in [0.15, 0.2) is 41.5 Å². The Morgan fingerprint density at radius 3 is 2.33 bits per heavy atom. The molecule has 0 aromatic carbocycles. The molecule has 0 atom stereocenters. The summed E-state index contributed by atoms with van der Waals surface area (Å²) in [5, 5.41) is 4.64. The number of fused-ring (bicyclic) bond motifs is 1. The molecule has 3 saturated heterocycles. The van der Waals surface area contributed by atoms with E-state index in [0.717, 1.165) is 41.2 Å². The molecule has 0 unspecified atom stereocenters. The van der Waals surface area contributed by atoms with Gasteiger partial charge in [0.25, 0.3) is 5.56 Å². The lowest BCUT2D eigenvalue weighted by molar-refractivity contribution is 0.0971. The summed E-state index contributed by atoms with van der Waals surface area (Å²) >= 11 is 0. The summed E-state index contributed by atoms with van der Waals surface area (Å²) in [7, 11) is 0. The predicted molar refractivity (Wildman–Crippen MR) is 163 cm³/mol. The second kappa shape index (κ2) is 12.6. The van der Waals surface area contributed by atoms with Crippen LogP contribution in [0.1, 0.15) is 57.2 Å². The Hall–Kier alpha value is -2.52. The van der Waals surface area contributed by atoms with Crippen LogP contribution in [-0.2, 0) is 0 Å². The molecule has 3 aromatic heterocycles. The number of hydrogen-bond donors (Lipinski definition) is 2. The number of rotatable bonds is 8. The minimum absolute atomic E-state index is 0.0421. The highest BCUT2D eigenvalue weighted by atomic mass is 16.1. The van der Waals surface area contributed by atoms with Crippen LogP contribution in [0.4, 0.5) is 0 Å². The van der Waals surface area contributed by atoms with E-state index in [-0.39, 0.29) is 11.6 Å². The average molecular weight is 546 g/mol. The number of pyridine rings is 2. The molecule has 6 rings (SSSR count). The fraction of sp³-hybridized carbons (Fsp3) is 0.625. The number of likely N-dealkylation sites (tertiary alicyclic amines) is 1. The van der Waals surface area contributed by atoms with Gasteiger partial charge in [0.15, 0.2) is 0 Å². The van der Waals surface area contributed by atoms with Gasteiger partial charge in [-0.1, -0.05) is 0 Å². The first-order valence-corrected chi connectivity index (χ1v) is 15.6. The van der Waals surface area contributed by atoms with Crippen LogP contribution in [0.5, 0.6) is 0 Å². The molecule has 0 aliphatic carbocycles. The van der Waals surface area contributed by atoms with Gasteiger partial charge in [0, 0.05) is 87.3 Å². The van der Waals surface area contributed by atoms with Gasteiger partial charge in [0.1, 0.15) is 5.65 Å². The van der Waals surface area contributed by atoms with Gasteiger partial charge in [-0.3, -0.25) is 9.69 Å². The minimum atomic E-state index is 0.0421. The molecule has 0 amide bonds. The van der Waals surface area contributed by atoms with Crippen LogP contribution >= 0.6 is 0 Å². The van der Waals surface area contributed by atoms with Crippen LogP contribution < -0.4 is 10.9 Å². The van der Waals surface area contributed by atoms with Gasteiger partial charge in [-0.05, 0) is 101 Å². The van der Waals surface area contributed by atoms with E-state index in [9.17, 15) is 4.79 Å². The summed E-state index contributed by atoms with van der Waals surface area (Å²) < 4.78 is 1.81. The summed E-state index contributed by atoms with van der Waals surface area (Å²) in [5.74, 6) is 1.44. The first kappa shape index (κ1) is 27.6. The maximum Gasteiger partial charge on any atom is 0.250 e. The van der Waals surface area contributed by atoms with Crippen molar-refractivity contribution in [3.8, 4) is 11.1 Å². The molecule has 0 spiro atoms. The SMILES string of the molecule is CC(C)n1cc(-c2ccnc3[nH]c(C4CCN(CCN5CCN(CC6CCNCC6)CC5)CC4)cc23)ccc1=O. The molecule has 3 aliphatic rings. The average Bonchev–Trinajstić information content (AvgIpc) is 3.43. The van der Waals surface area contributed by atoms with Gasteiger partial charge < -0.3 is 24.7 Å². The number of hydrogen-bond acceptors (Lipinski definition) is 6. The molecule has 40 heavy (non-hydrogen) atoms. The van der Waals surface area contributed by atoms with Crippen molar-refractivity contribution in [1.82, 2.24) is 34.6 Å². The zero-order valence-electron chi connectivity index (χ0n) is 24.4. The molecule has 2 N–H and O–H groups in total. The number of aromatic amines is 1.